The molecule has 0 spiro atoms. The Morgan fingerprint density at radius 2 is 1.94 bits per heavy atom. The van der Waals surface area contributed by atoms with Gasteiger partial charge < -0.3 is 15.4 Å². The molecule has 8 heteroatoms. The molecule has 0 bridgehead atoms. The number of nitrogens with one attached hydrogen (secondary N) is 2. The zero-order valence-electron chi connectivity index (χ0n) is 19.7. The number of nitriles is 1. The standard InChI is InChI=1S/C26H30N6O2/c1-17-4-5-18(2)28-25(17)26(33)29-21(15-27)14-19-6-10-22(11-7-19)32-16-24(30-31-32)20-8-12-23(34-3)13-9-20/h6-13,16-18,21,25,28H,4-5,14H2,1-3H3,(H,29,33)/t17-,18+,21+,25+/m1/s1. The third-order valence-corrected chi connectivity index (χ3v) is 6.36. The molecule has 1 saturated heterocycles. The topological polar surface area (TPSA) is 105 Å². The summed E-state index contributed by atoms with van der Waals surface area (Å²) in [5.41, 5.74) is 3.54. The second kappa shape index (κ2) is 10.5. The summed E-state index contributed by atoms with van der Waals surface area (Å²) >= 11 is 0. The van der Waals surface area contributed by atoms with Crippen molar-refractivity contribution in [3.63, 3.8) is 0 Å². The first-order valence-electron chi connectivity index (χ1n) is 11.6. The maximum absolute atomic E-state index is 12.8. The van der Waals surface area contributed by atoms with Crippen molar-refractivity contribution < 1.29 is 9.53 Å². The fraction of sp³-hybridized carbons (Fsp3) is 0.385. The highest BCUT2D eigenvalue weighted by molar-refractivity contribution is 5.82. The summed E-state index contributed by atoms with van der Waals surface area (Å²) in [6.07, 6.45) is 4.38. The summed E-state index contributed by atoms with van der Waals surface area (Å²) in [4.78, 5) is 12.8. The molecule has 8 nitrogen and oxygen atoms in total. The zero-order valence-corrected chi connectivity index (χ0v) is 19.7. The Labute approximate surface area is 199 Å². The SMILES string of the molecule is COc1ccc(-c2cn(-c3ccc(C[C@@H](C#N)NC(=O)[C@H]4N[C@@H](C)CC[C@H]4C)cc3)nn2)cc1. The zero-order chi connectivity index (χ0) is 24.1. The highest BCUT2D eigenvalue weighted by atomic mass is 16.5. The van der Waals surface area contributed by atoms with Gasteiger partial charge in [0.2, 0.25) is 5.91 Å². The number of amides is 1. The summed E-state index contributed by atoms with van der Waals surface area (Å²) < 4.78 is 6.91. The summed E-state index contributed by atoms with van der Waals surface area (Å²) in [5.74, 6) is 0.939. The molecule has 0 aliphatic carbocycles. The van der Waals surface area contributed by atoms with Crippen LogP contribution in [0, 0.1) is 17.2 Å². The predicted octanol–water partition coefficient (Wildman–Crippen LogP) is 3.27. The molecular formula is C26H30N6O2. The average Bonchev–Trinajstić information content (AvgIpc) is 3.36. The number of rotatable bonds is 7. The quantitative estimate of drug-likeness (QED) is 0.563. The van der Waals surface area contributed by atoms with Crippen molar-refractivity contribution in [1.29, 1.82) is 5.26 Å². The number of nitrogens with zero attached hydrogens (tertiary/aromatic N) is 4. The van der Waals surface area contributed by atoms with Gasteiger partial charge in [0, 0.05) is 18.0 Å². The van der Waals surface area contributed by atoms with Gasteiger partial charge in [0.1, 0.15) is 17.5 Å². The number of hydrogen-bond acceptors (Lipinski definition) is 6. The van der Waals surface area contributed by atoms with Crippen LogP contribution in [-0.4, -0.2) is 46.1 Å². The van der Waals surface area contributed by atoms with Crippen LogP contribution in [0.4, 0.5) is 0 Å². The molecule has 1 aliphatic rings. The fourth-order valence-electron chi connectivity index (χ4n) is 4.26. The van der Waals surface area contributed by atoms with E-state index in [9.17, 15) is 10.1 Å². The minimum absolute atomic E-state index is 0.101. The molecule has 0 radical (unpaired) electrons. The third kappa shape index (κ3) is 5.43. The largest absolute Gasteiger partial charge is 0.497 e. The van der Waals surface area contributed by atoms with Crippen LogP contribution in [0.3, 0.4) is 0 Å². The molecule has 34 heavy (non-hydrogen) atoms. The lowest BCUT2D eigenvalue weighted by molar-refractivity contribution is -0.125. The van der Waals surface area contributed by atoms with Crippen LogP contribution in [-0.2, 0) is 11.2 Å². The molecule has 1 amide bonds. The van der Waals surface area contributed by atoms with E-state index in [1.165, 1.54) is 0 Å². The Morgan fingerprint density at radius 3 is 2.62 bits per heavy atom. The van der Waals surface area contributed by atoms with Gasteiger partial charge >= 0.3 is 0 Å². The van der Waals surface area contributed by atoms with Gasteiger partial charge in [0.15, 0.2) is 0 Å². The van der Waals surface area contributed by atoms with Gasteiger partial charge in [0.25, 0.3) is 0 Å². The van der Waals surface area contributed by atoms with E-state index in [1.54, 1.807) is 11.8 Å². The Morgan fingerprint density at radius 1 is 1.21 bits per heavy atom. The molecule has 176 valence electrons. The van der Waals surface area contributed by atoms with Crippen LogP contribution in [0.5, 0.6) is 5.75 Å². The van der Waals surface area contributed by atoms with E-state index in [0.29, 0.717) is 12.5 Å². The Kier molecular flexibility index (Phi) is 7.24. The number of carbonyl (C=O) groups excluding carboxylic acids is 1. The number of ether oxygens (including phenoxy) is 1. The number of hydrogen-bond donors (Lipinski definition) is 2. The molecule has 2 N–H and O–H groups in total. The summed E-state index contributed by atoms with van der Waals surface area (Å²) in [7, 11) is 1.64. The maximum atomic E-state index is 12.8. The molecule has 4 atom stereocenters. The molecule has 3 aromatic rings. The third-order valence-electron chi connectivity index (χ3n) is 6.36. The van der Waals surface area contributed by atoms with Crippen LogP contribution in [0.2, 0.25) is 0 Å². The Balaban J connectivity index is 1.38. The van der Waals surface area contributed by atoms with E-state index < -0.39 is 6.04 Å². The van der Waals surface area contributed by atoms with Gasteiger partial charge in [-0.1, -0.05) is 24.3 Å². The van der Waals surface area contributed by atoms with E-state index in [0.717, 1.165) is 41.1 Å². The number of aromatic nitrogens is 3. The van der Waals surface area contributed by atoms with Crippen LogP contribution < -0.4 is 15.4 Å². The van der Waals surface area contributed by atoms with Crippen molar-refractivity contribution in [3.05, 3.63) is 60.3 Å². The van der Waals surface area contributed by atoms with Crippen LogP contribution >= 0.6 is 0 Å². The smallest absolute Gasteiger partial charge is 0.238 e. The normalized spacial score (nSPS) is 20.8. The Bertz CT molecular complexity index is 1150. The Hall–Kier alpha value is -3.70. The molecule has 0 unspecified atom stereocenters. The van der Waals surface area contributed by atoms with E-state index in [-0.39, 0.29) is 17.9 Å². The van der Waals surface area contributed by atoms with Crippen molar-refractivity contribution in [1.82, 2.24) is 25.6 Å². The molecule has 1 fully saturated rings. The average molecular weight is 459 g/mol. The van der Waals surface area contributed by atoms with Gasteiger partial charge in [-0.3, -0.25) is 4.79 Å². The number of methoxy groups -OCH3 is 1. The molecule has 0 saturated carbocycles. The van der Waals surface area contributed by atoms with Crippen molar-refractivity contribution in [2.24, 2.45) is 5.92 Å². The number of piperidine rings is 1. The maximum Gasteiger partial charge on any atom is 0.238 e. The van der Waals surface area contributed by atoms with Crippen molar-refractivity contribution in [2.45, 2.75) is 51.2 Å². The van der Waals surface area contributed by atoms with Gasteiger partial charge in [-0.25, -0.2) is 4.68 Å². The fourth-order valence-corrected chi connectivity index (χ4v) is 4.26. The predicted molar refractivity (Wildman–Crippen MR) is 129 cm³/mol. The van der Waals surface area contributed by atoms with Crippen molar-refractivity contribution in [3.8, 4) is 28.8 Å². The minimum Gasteiger partial charge on any atom is -0.497 e. The lowest BCUT2D eigenvalue weighted by Gasteiger charge is -2.33. The summed E-state index contributed by atoms with van der Waals surface area (Å²) in [6, 6.07) is 17.1. The number of benzene rings is 2. The highest BCUT2D eigenvalue weighted by Crippen LogP contribution is 2.22. The van der Waals surface area contributed by atoms with E-state index >= 15 is 0 Å². The first-order valence-corrected chi connectivity index (χ1v) is 11.6. The van der Waals surface area contributed by atoms with E-state index in [4.69, 9.17) is 4.74 Å². The minimum atomic E-state index is -0.586. The van der Waals surface area contributed by atoms with E-state index in [2.05, 4.69) is 40.9 Å². The molecule has 2 heterocycles. The first-order chi connectivity index (χ1) is 16.5. The van der Waals surface area contributed by atoms with Gasteiger partial charge in [-0.15, -0.1) is 5.10 Å². The van der Waals surface area contributed by atoms with Crippen molar-refractivity contribution in [2.75, 3.05) is 7.11 Å². The lowest BCUT2D eigenvalue weighted by Crippen LogP contribution is -2.55. The summed E-state index contributed by atoms with van der Waals surface area (Å²) in [5, 5.41) is 24.4. The van der Waals surface area contributed by atoms with Gasteiger partial charge in [0.05, 0.1) is 31.1 Å². The second-order valence-electron chi connectivity index (χ2n) is 8.94. The highest BCUT2D eigenvalue weighted by Gasteiger charge is 2.31. The lowest BCUT2D eigenvalue weighted by atomic mass is 9.88. The van der Waals surface area contributed by atoms with Gasteiger partial charge in [-0.05, 0) is 67.6 Å². The molecule has 1 aliphatic heterocycles. The monoisotopic (exact) mass is 458 g/mol. The molecule has 4 rings (SSSR count). The van der Waals surface area contributed by atoms with E-state index in [1.807, 2.05) is 54.7 Å². The summed E-state index contributed by atoms with van der Waals surface area (Å²) in [6.45, 7) is 4.16. The number of carbonyl (C=O) groups is 1. The van der Waals surface area contributed by atoms with Crippen LogP contribution in [0.25, 0.3) is 16.9 Å². The molecule has 1 aromatic heterocycles. The second-order valence-corrected chi connectivity index (χ2v) is 8.94. The first kappa shape index (κ1) is 23.5. The van der Waals surface area contributed by atoms with Crippen LogP contribution in [0.15, 0.2) is 54.7 Å². The van der Waals surface area contributed by atoms with Gasteiger partial charge in [-0.2, -0.15) is 5.26 Å². The molecular weight excluding hydrogens is 428 g/mol. The van der Waals surface area contributed by atoms with Crippen molar-refractivity contribution >= 4 is 5.91 Å². The molecule has 2 aromatic carbocycles. The van der Waals surface area contributed by atoms with Crippen LogP contribution in [0.1, 0.15) is 32.3 Å².